The van der Waals surface area contributed by atoms with Crippen molar-refractivity contribution in [2.45, 2.75) is 6.54 Å². The molecule has 1 N–H and O–H groups in total. The zero-order valence-electron chi connectivity index (χ0n) is 17.8. The first kappa shape index (κ1) is 24.8. The van der Waals surface area contributed by atoms with Crippen molar-refractivity contribution in [3.63, 3.8) is 0 Å². The molecule has 0 aliphatic heterocycles. The molecule has 0 saturated carbocycles. The van der Waals surface area contributed by atoms with Crippen molar-refractivity contribution in [1.29, 1.82) is 0 Å². The van der Waals surface area contributed by atoms with Crippen molar-refractivity contribution < 1.29 is 17.9 Å². The van der Waals surface area contributed by atoms with Crippen LogP contribution in [0, 0.1) is 0 Å². The third kappa shape index (κ3) is 6.56. The molecule has 0 spiro atoms. The van der Waals surface area contributed by atoms with E-state index < -0.39 is 15.9 Å². The van der Waals surface area contributed by atoms with Gasteiger partial charge in [0.1, 0.15) is 5.75 Å². The van der Waals surface area contributed by atoms with E-state index in [1.165, 1.54) is 22.7 Å². The summed E-state index contributed by atoms with van der Waals surface area (Å²) in [7, 11) is -2.04. The van der Waals surface area contributed by atoms with E-state index in [4.69, 9.17) is 16.3 Å². The Labute approximate surface area is 206 Å². The molecule has 3 aromatic carbocycles. The number of ether oxygens (including phenoxy) is 1. The molecule has 0 heterocycles. The van der Waals surface area contributed by atoms with E-state index >= 15 is 0 Å². The summed E-state index contributed by atoms with van der Waals surface area (Å²) in [6.07, 6.45) is 2.60. The maximum absolute atomic E-state index is 12.5. The topological polar surface area (TPSA) is 88.1 Å². The van der Waals surface area contributed by atoms with Crippen LogP contribution in [0.2, 0.25) is 5.02 Å². The Balaban J connectivity index is 1.74. The lowest BCUT2D eigenvalue weighted by molar-refractivity contribution is 0.0955. The van der Waals surface area contributed by atoms with Crippen molar-refractivity contribution in [2.75, 3.05) is 17.7 Å². The fourth-order valence-corrected chi connectivity index (χ4v) is 4.44. The SMILES string of the molecule is COc1ccc(Br)cc1/C=N\NC(=O)c1ccc(N(Cc2ccccc2Cl)S(C)(=O)=O)cc1. The largest absolute Gasteiger partial charge is 0.496 e. The summed E-state index contributed by atoms with van der Waals surface area (Å²) in [6, 6.07) is 18.7. The highest BCUT2D eigenvalue weighted by Gasteiger charge is 2.19. The average Bonchev–Trinajstić information content (AvgIpc) is 2.78. The average molecular weight is 551 g/mol. The number of nitrogens with zero attached hydrogens (tertiary/aromatic N) is 2. The molecular formula is C23H21BrClN3O4S. The van der Waals surface area contributed by atoms with Gasteiger partial charge in [0.15, 0.2) is 0 Å². The van der Waals surface area contributed by atoms with Crippen molar-refractivity contribution in [3.8, 4) is 5.75 Å². The van der Waals surface area contributed by atoms with Gasteiger partial charge in [-0.25, -0.2) is 13.8 Å². The van der Waals surface area contributed by atoms with Crippen molar-refractivity contribution >= 4 is 55.4 Å². The van der Waals surface area contributed by atoms with Gasteiger partial charge in [0.25, 0.3) is 5.91 Å². The highest BCUT2D eigenvalue weighted by molar-refractivity contribution is 9.10. The predicted molar refractivity (Wildman–Crippen MR) is 135 cm³/mol. The van der Waals surface area contributed by atoms with Crippen LogP contribution in [0.3, 0.4) is 0 Å². The second-order valence-corrected chi connectivity index (χ2v) is 10.2. The predicted octanol–water partition coefficient (Wildman–Crippen LogP) is 4.84. The molecule has 0 saturated heterocycles. The maximum Gasteiger partial charge on any atom is 0.271 e. The minimum absolute atomic E-state index is 0.0722. The van der Waals surface area contributed by atoms with Crippen LogP contribution in [0.25, 0.3) is 0 Å². The molecule has 33 heavy (non-hydrogen) atoms. The maximum atomic E-state index is 12.5. The number of methoxy groups -OCH3 is 1. The molecule has 0 fully saturated rings. The minimum Gasteiger partial charge on any atom is -0.496 e. The van der Waals surface area contributed by atoms with Crippen molar-refractivity contribution in [1.82, 2.24) is 5.43 Å². The summed E-state index contributed by atoms with van der Waals surface area (Å²) >= 11 is 9.58. The van der Waals surface area contributed by atoms with Crippen LogP contribution in [-0.4, -0.2) is 33.9 Å². The molecule has 0 aliphatic carbocycles. The quantitative estimate of drug-likeness (QED) is 0.321. The number of hydrogen-bond donors (Lipinski definition) is 1. The summed E-state index contributed by atoms with van der Waals surface area (Å²) in [4.78, 5) is 12.5. The van der Waals surface area contributed by atoms with Gasteiger partial charge in [-0.3, -0.25) is 9.10 Å². The van der Waals surface area contributed by atoms with Gasteiger partial charge in [-0.2, -0.15) is 5.10 Å². The van der Waals surface area contributed by atoms with Crippen LogP contribution < -0.4 is 14.5 Å². The summed E-state index contributed by atoms with van der Waals surface area (Å²) in [6.45, 7) is 0.0722. The second kappa shape index (κ2) is 10.8. The van der Waals surface area contributed by atoms with Crippen LogP contribution in [0.4, 0.5) is 5.69 Å². The minimum atomic E-state index is -3.59. The van der Waals surface area contributed by atoms with Gasteiger partial charge in [0, 0.05) is 20.6 Å². The molecule has 0 atom stereocenters. The van der Waals surface area contributed by atoms with Gasteiger partial charge in [-0.05, 0) is 54.1 Å². The number of sulfonamides is 1. The van der Waals surface area contributed by atoms with E-state index in [1.807, 2.05) is 12.1 Å². The Morgan fingerprint density at radius 3 is 2.48 bits per heavy atom. The fourth-order valence-electron chi connectivity index (χ4n) is 2.99. The Morgan fingerprint density at radius 1 is 1.15 bits per heavy atom. The van der Waals surface area contributed by atoms with Gasteiger partial charge in [0.2, 0.25) is 10.0 Å². The number of benzene rings is 3. The summed E-state index contributed by atoms with van der Waals surface area (Å²) in [5.41, 5.74) is 4.55. The molecule has 0 aromatic heterocycles. The number of amides is 1. The van der Waals surface area contributed by atoms with Crippen LogP contribution in [0.1, 0.15) is 21.5 Å². The lowest BCUT2D eigenvalue weighted by Crippen LogP contribution is -2.29. The number of carbonyl (C=O) groups is 1. The number of hydrazone groups is 1. The second-order valence-electron chi connectivity index (χ2n) is 6.99. The summed E-state index contributed by atoms with van der Waals surface area (Å²) in [5.74, 6) is 0.170. The highest BCUT2D eigenvalue weighted by Crippen LogP contribution is 2.25. The lowest BCUT2D eigenvalue weighted by Gasteiger charge is -2.23. The van der Waals surface area contributed by atoms with E-state index in [0.717, 1.165) is 10.7 Å². The lowest BCUT2D eigenvalue weighted by atomic mass is 10.2. The van der Waals surface area contributed by atoms with Crippen LogP contribution in [0.5, 0.6) is 5.75 Å². The van der Waals surface area contributed by atoms with E-state index in [-0.39, 0.29) is 6.54 Å². The van der Waals surface area contributed by atoms with E-state index in [1.54, 1.807) is 49.6 Å². The Morgan fingerprint density at radius 2 is 1.85 bits per heavy atom. The number of halogens is 2. The molecule has 0 unspecified atom stereocenters. The Hall–Kier alpha value is -2.88. The van der Waals surface area contributed by atoms with Gasteiger partial charge < -0.3 is 4.74 Å². The van der Waals surface area contributed by atoms with E-state index in [0.29, 0.717) is 33.1 Å². The van der Waals surface area contributed by atoms with Gasteiger partial charge in [-0.15, -0.1) is 0 Å². The third-order valence-corrected chi connectivity index (χ3v) is 6.65. The molecule has 1 amide bonds. The van der Waals surface area contributed by atoms with Crippen molar-refractivity contribution in [3.05, 3.63) is 92.9 Å². The first-order valence-corrected chi connectivity index (χ1v) is 12.7. The summed E-state index contributed by atoms with van der Waals surface area (Å²) < 4.78 is 32.1. The van der Waals surface area contributed by atoms with Crippen LogP contribution in [-0.2, 0) is 16.6 Å². The van der Waals surface area contributed by atoms with Crippen LogP contribution in [0.15, 0.2) is 76.3 Å². The fraction of sp³-hybridized carbons (Fsp3) is 0.130. The molecule has 3 aromatic rings. The molecule has 3 rings (SSSR count). The smallest absolute Gasteiger partial charge is 0.271 e. The zero-order valence-corrected chi connectivity index (χ0v) is 21.0. The number of anilines is 1. The molecule has 0 bridgehead atoms. The number of nitrogens with one attached hydrogen (secondary N) is 1. The molecule has 172 valence electrons. The van der Waals surface area contributed by atoms with E-state index in [9.17, 15) is 13.2 Å². The van der Waals surface area contributed by atoms with Crippen molar-refractivity contribution in [2.24, 2.45) is 5.10 Å². The standard InChI is InChI=1S/C23H21BrClN3O4S/c1-32-22-12-9-19(24)13-18(22)14-26-27-23(29)16-7-10-20(11-8-16)28(33(2,30)31)15-17-5-3-4-6-21(17)25/h3-14H,15H2,1-2H3,(H,27,29)/b26-14-. The zero-order chi connectivity index (χ0) is 24.0. The number of rotatable bonds is 8. The first-order valence-electron chi connectivity index (χ1n) is 9.67. The van der Waals surface area contributed by atoms with Gasteiger partial charge in [0.05, 0.1) is 31.8 Å². The van der Waals surface area contributed by atoms with E-state index in [2.05, 4.69) is 26.5 Å². The molecule has 0 radical (unpaired) electrons. The molecular weight excluding hydrogens is 530 g/mol. The van der Waals surface area contributed by atoms with Gasteiger partial charge >= 0.3 is 0 Å². The molecule has 0 aliphatic rings. The Kier molecular flexibility index (Phi) is 8.12. The summed E-state index contributed by atoms with van der Waals surface area (Å²) in [5, 5.41) is 4.46. The molecule has 7 nitrogen and oxygen atoms in total. The normalized spacial score (nSPS) is 11.4. The van der Waals surface area contributed by atoms with Crippen LogP contribution >= 0.6 is 27.5 Å². The van der Waals surface area contributed by atoms with Gasteiger partial charge in [-0.1, -0.05) is 45.7 Å². The first-order chi connectivity index (χ1) is 15.7. The molecule has 10 heteroatoms. The highest BCUT2D eigenvalue weighted by atomic mass is 79.9. The monoisotopic (exact) mass is 549 g/mol. The third-order valence-electron chi connectivity index (χ3n) is 4.65. The number of hydrogen-bond acceptors (Lipinski definition) is 5. The Bertz CT molecular complexity index is 1280. The number of carbonyl (C=O) groups excluding carboxylic acids is 1.